The Morgan fingerprint density at radius 3 is 1.43 bits per heavy atom. The number of halogens is 3. The summed E-state index contributed by atoms with van der Waals surface area (Å²) in [5.74, 6) is -3.10. The number of nitrogens with two attached hydrogens (primary N) is 5. The Balaban J connectivity index is 0. The third-order valence-corrected chi connectivity index (χ3v) is 10.4. The highest BCUT2D eigenvalue weighted by Gasteiger charge is 2.22. The SMILES string of the molecule is CCOC(=O)C(=[NH2+])SC.CCOC(=O)C(=[NH2+])SC.CCOC(=O)C(N)=NCC(=O)c1cccc(Br)c1.CCOC(=O)C(N)=S.CCOC(=O)C1=NN=C(c2cccc(Br)c2)C1.NCC(=O)c1cccc(Br)c1. The molecule has 0 unspecified atom stereocenters. The molecule has 1 aliphatic heterocycles. The number of amidine groups is 1. The van der Waals surface area contributed by atoms with Crippen molar-refractivity contribution in [2.24, 2.45) is 32.4 Å². The van der Waals surface area contributed by atoms with E-state index >= 15 is 0 Å². The van der Waals surface area contributed by atoms with Gasteiger partial charge in [0, 0.05) is 31.0 Å². The zero-order valence-corrected chi connectivity index (χ0v) is 47.8. The maximum absolute atomic E-state index is 11.7. The maximum Gasteiger partial charge on any atom is 0.410 e. The van der Waals surface area contributed by atoms with Gasteiger partial charge in [0.05, 0.1) is 45.3 Å². The standard InChI is InChI=1S/C12H13BrN2O3.C12H11BrN2O2.C8H8BrNO.2C5H9NO2S.C4H7NO2S/c1-2-18-12(17)11(14)15-7-10(16)8-4-3-5-9(13)6-8;1-2-17-12(16)11-7-10(14-15-11)8-4-3-5-9(13)6-8;9-7-3-1-2-6(4-7)8(11)5-10;2*1-3-8-5(7)4(6)9-2;1-2-7-4(6)3(5)8/h3-6H,2,7H2,1H3,(H2,14,15);3-6H,2,7H2,1H3;1-4H,5,10H2;2*6H,3H2,1-2H3;2H2,1H3,(H2,5,8)/p+2. The minimum atomic E-state index is -0.709. The molecule has 0 aromatic heterocycles. The lowest BCUT2D eigenvalue weighted by Gasteiger charge is -2.02. The van der Waals surface area contributed by atoms with Crippen LogP contribution in [0.4, 0.5) is 0 Å². The monoisotopic (exact) mass is 1250 g/mol. The number of carbonyl (C=O) groups is 7. The lowest BCUT2D eigenvalue weighted by molar-refractivity contribution is -0.149. The average molecular weight is 1250 g/mol. The quantitative estimate of drug-likeness (QED) is 0.0431. The van der Waals surface area contributed by atoms with Crippen molar-refractivity contribution in [2.45, 2.75) is 41.0 Å². The molecule has 0 saturated heterocycles. The van der Waals surface area contributed by atoms with Gasteiger partial charge in [0.25, 0.3) is 0 Å². The summed E-state index contributed by atoms with van der Waals surface area (Å²) in [7, 11) is 0. The maximum atomic E-state index is 11.7. The molecule has 0 amide bonds. The molecule has 26 heteroatoms. The van der Waals surface area contributed by atoms with E-state index < -0.39 is 23.9 Å². The number of hydrogen-bond donors (Lipinski definition) is 5. The smallest absolute Gasteiger partial charge is 0.410 e. The first-order chi connectivity index (χ1) is 34.1. The van der Waals surface area contributed by atoms with Gasteiger partial charge in [-0.1, -0.05) is 120 Å². The van der Waals surface area contributed by atoms with Crippen molar-refractivity contribution in [3.05, 3.63) is 103 Å². The molecule has 72 heavy (non-hydrogen) atoms. The Kier molecular flexibility index (Phi) is 39.1. The second kappa shape index (κ2) is 41.0. The number of aliphatic imine (C=N–C) groups is 1. The van der Waals surface area contributed by atoms with Crippen LogP contribution < -0.4 is 28.0 Å². The van der Waals surface area contributed by atoms with Gasteiger partial charge in [0.1, 0.15) is 6.54 Å². The largest absolute Gasteiger partial charge is 0.461 e. The number of carbonyl (C=O) groups excluding carboxylic acids is 7. The van der Waals surface area contributed by atoms with Crippen LogP contribution in [0.5, 0.6) is 0 Å². The Morgan fingerprint density at radius 2 is 1.04 bits per heavy atom. The zero-order valence-electron chi connectivity index (χ0n) is 40.6. The van der Waals surface area contributed by atoms with Crippen molar-refractivity contribution >= 4 is 157 Å². The summed E-state index contributed by atoms with van der Waals surface area (Å²) in [6, 6.07) is 21.8. The number of Topliss-reactive ketones (excluding diaryl/α,β-unsaturated/α-hetero) is 2. The molecule has 0 spiro atoms. The molecule has 3 aromatic rings. The van der Waals surface area contributed by atoms with Gasteiger partial charge in [-0.3, -0.25) is 14.6 Å². The Hall–Kier alpha value is -5.51. The molecule has 392 valence electrons. The number of nitrogens with zero attached hydrogens (tertiary/aromatic N) is 3. The molecule has 0 fully saturated rings. The lowest BCUT2D eigenvalue weighted by Crippen LogP contribution is -2.43. The summed E-state index contributed by atoms with van der Waals surface area (Å²) in [6.07, 6.45) is 3.88. The van der Waals surface area contributed by atoms with E-state index in [0.29, 0.717) is 49.7 Å². The highest BCUT2D eigenvalue weighted by atomic mass is 79.9. The van der Waals surface area contributed by atoms with Gasteiger partial charge in [-0.05, 0) is 89.1 Å². The second-order valence-corrected chi connectivity index (χ2v) is 17.5. The molecular weight excluding hydrogens is 1190 g/mol. The summed E-state index contributed by atoms with van der Waals surface area (Å²) in [5.41, 5.74) is 18.7. The third-order valence-electron chi connectivity index (χ3n) is 7.52. The van der Waals surface area contributed by atoms with Crippen molar-refractivity contribution < 1.29 is 68.1 Å². The highest BCUT2D eigenvalue weighted by molar-refractivity contribution is 9.11. The van der Waals surface area contributed by atoms with Crippen LogP contribution in [-0.4, -0.2) is 132 Å². The molecule has 0 bridgehead atoms. The molecule has 0 radical (unpaired) electrons. The first-order valence-electron chi connectivity index (χ1n) is 21.1. The van der Waals surface area contributed by atoms with Gasteiger partial charge in [-0.2, -0.15) is 5.10 Å². The zero-order chi connectivity index (χ0) is 55.2. The molecule has 1 aliphatic rings. The van der Waals surface area contributed by atoms with Crippen LogP contribution in [-0.2, 0) is 47.7 Å². The van der Waals surface area contributed by atoms with E-state index in [1.807, 2.05) is 42.5 Å². The number of hydrogen-bond acceptors (Lipinski definition) is 19. The van der Waals surface area contributed by atoms with Gasteiger partial charge < -0.3 is 40.9 Å². The molecule has 0 aliphatic carbocycles. The average Bonchev–Trinajstić information content (AvgIpc) is 3.87. The fourth-order valence-corrected chi connectivity index (χ4v) is 5.95. The predicted molar refractivity (Wildman–Crippen MR) is 296 cm³/mol. The Morgan fingerprint density at radius 1 is 0.625 bits per heavy atom. The van der Waals surface area contributed by atoms with Gasteiger partial charge in [-0.15, -0.1) is 5.10 Å². The number of ketones is 2. The first kappa shape index (κ1) is 68.6. The molecule has 0 saturated carbocycles. The number of benzene rings is 3. The Bertz CT molecular complexity index is 2390. The molecule has 10 N–H and O–H groups in total. The van der Waals surface area contributed by atoms with Crippen LogP contribution in [0.1, 0.15) is 67.3 Å². The predicted octanol–water partition coefficient (Wildman–Crippen LogP) is 3.68. The van der Waals surface area contributed by atoms with Crippen molar-refractivity contribution in [3.8, 4) is 0 Å². The van der Waals surface area contributed by atoms with Crippen molar-refractivity contribution in [1.82, 2.24) is 0 Å². The van der Waals surface area contributed by atoms with E-state index in [1.54, 1.807) is 77.5 Å². The summed E-state index contributed by atoms with van der Waals surface area (Å²) in [4.78, 5) is 80.2. The van der Waals surface area contributed by atoms with Crippen molar-refractivity contribution in [1.29, 1.82) is 0 Å². The molecule has 3 aromatic carbocycles. The van der Waals surface area contributed by atoms with Crippen LogP contribution in [0.15, 0.2) is 101 Å². The number of thiocarbonyl (C=S) groups is 1. The van der Waals surface area contributed by atoms with Crippen molar-refractivity contribution in [3.63, 3.8) is 0 Å². The lowest BCUT2D eigenvalue weighted by atomic mass is 10.1. The fourth-order valence-electron chi connectivity index (χ4n) is 4.24. The summed E-state index contributed by atoms with van der Waals surface area (Å²) in [5, 5.41) is 18.7. The van der Waals surface area contributed by atoms with Crippen LogP contribution >= 0.6 is 83.5 Å². The topological polar surface area (TPSA) is 332 Å². The molecular formula is C46H59Br3N8O12S3+2. The van der Waals surface area contributed by atoms with E-state index in [-0.39, 0.29) is 58.1 Å². The molecule has 1 heterocycles. The summed E-state index contributed by atoms with van der Waals surface area (Å²) in [6.45, 7) is 10.1. The van der Waals surface area contributed by atoms with Gasteiger partial charge in [-0.25, -0.2) is 34.8 Å². The molecule has 4 rings (SSSR count). The normalized spacial score (nSPS) is 10.7. The number of thioether (sulfide) groups is 2. The molecule has 0 atom stereocenters. The minimum Gasteiger partial charge on any atom is -0.461 e. The number of esters is 5. The van der Waals surface area contributed by atoms with E-state index in [4.69, 9.17) is 32.8 Å². The van der Waals surface area contributed by atoms with Crippen LogP contribution in [0.2, 0.25) is 0 Å². The van der Waals surface area contributed by atoms with E-state index in [1.165, 1.54) is 23.5 Å². The van der Waals surface area contributed by atoms with Crippen LogP contribution in [0, 0.1) is 0 Å². The Labute approximate surface area is 457 Å². The summed E-state index contributed by atoms with van der Waals surface area (Å²) >= 11 is 16.6. The summed E-state index contributed by atoms with van der Waals surface area (Å²) < 4.78 is 25.7. The molecule has 20 nitrogen and oxygen atoms in total. The minimum absolute atomic E-state index is 0.0358. The fraction of sp³-hybridized carbons (Fsp3) is 0.326. The number of ether oxygens (including phenoxy) is 5. The van der Waals surface area contributed by atoms with Gasteiger partial charge >= 0.3 is 39.9 Å². The van der Waals surface area contributed by atoms with Gasteiger partial charge in [0.2, 0.25) is 5.84 Å². The third kappa shape index (κ3) is 31.1. The second-order valence-electron chi connectivity index (χ2n) is 12.7. The number of rotatable bonds is 12. The van der Waals surface area contributed by atoms with Crippen LogP contribution in [0.3, 0.4) is 0 Å². The van der Waals surface area contributed by atoms with E-state index in [0.717, 1.165) is 24.7 Å². The van der Waals surface area contributed by atoms with E-state index in [9.17, 15) is 33.6 Å². The van der Waals surface area contributed by atoms with Crippen LogP contribution in [0.25, 0.3) is 0 Å². The van der Waals surface area contributed by atoms with E-state index in [2.05, 4.69) is 94.2 Å². The van der Waals surface area contributed by atoms with Gasteiger partial charge in [0.15, 0.2) is 22.3 Å². The highest BCUT2D eigenvalue weighted by Crippen LogP contribution is 2.17. The first-order valence-corrected chi connectivity index (χ1v) is 26.3. The van der Waals surface area contributed by atoms with Crippen molar-refractivity contribution in [2.75, 3.05) is 58.6 Å².